The summed E-state index contributed by atoms with van der Waals surface area (Å²) in [6.07, 6.45) is 0.201. The molecule has 1 amide bonds. The molecule has 0 aromatic heterocycles. The fourth-order valence-electron chi connectivity index (χ4n) is 3.86. The number of hydrogen-bond donors (Lipinski definition) is 1. The summed E-state index contributed by atoms with van der Waals surface area (Å²) in [7, 11) is 0. The van der Waals surface area contributed by atoms with Crippen LogP contribution in [-0.2, 0) is 11.2 Å². The second-order valence-corrected chi connectivity index (χ2v) is 7.40. The lowest BCUT2D eigenvalue weighted by Gasteiger charge is -2.25. The molecule has 0 aliphatic carbocycles. The van der Waals surface area contributed by atoms with E-state index < -0.39 is 0 Å². The van der Waals surface area contributed by atoms with Crippen molar-refractivity contribution in [1.29, 1.82) is 0 Å². The van der Waals surface area contributed by atoms with Crippen LogP contribution in [0.1, 0.15) is 37.9 Å². The molecule has 0 saturated heterocycles. The molecule has 4 aromatic carbocycles. The minimum Gasteiger partial charge on any atom is -0.454 e. The molecular weight excluding hydrogens is 374 g/mol. The van der Waals surface area contributed by atoms with E-state index >= 15 is 0 Å². The zero-order valence-electron chi connectivity index (χ0n) is 16.2. The summed E-state index contributed by atoms with van der Waals surface area (Å²) in [4.78, 5) is 25.3. The Hall–Kier alpha value is -3.92. The highest BCUT2D eigenvalue weighted by molar-refractivity contribution is 6.06. The summed E-state index contributed by atoms with van der Waals surface area (Å²) >= 11 is 0. The highest BCUT2D eigenvalue weighted by Gasteiger charge is 2.28. The minimum atomic E-state index is -0.355. The second kappa shape index (κ2) is 7.48. The van der Waals surface area contributed by atoms with E-state index in [9.17, 15) is 9.59 Å². The van der Waals surface area contributed by atoms with Gasteiger partial charge in [-0.3, -0.25) is 4.79 Å². The molecule has 4 nitrogen and oxygen atoms in total. The van der Waals surface area contributed by atoms with Gasteiger partial charge in [0.1, 0.15) is 6.10 Å². The van der Waals surface area contributed by atoms with E-state index in [2.05, 4.69) is 5.32 Å². The number of nitrogens with one attached hydrogen (secondary N) is 1. The molecule has 146 valence electrons. The molecule has 0 fully saturated rings. The normalized spacial score (nSPS) is 15.3. The van der Waals surface area contributed by atoms with Crippen LogP contribution in [0.3, 0.4) is 0 Å². The minimum absolute atomic E-state index is 0.205. The van der Waals surface area contributed by atoms with Gasteiger partial charge in [-0.05, 0) is 52.2 Å². The van der Waals surface area contributed by atoms with E-state index in [1.165, 1.54) is 0 Å². The summed E-state index contributed by atoms with van der Waals surface area (Å²) in [5, 5.41) is 5.14. The quantitative estimate of drug-likeness (QED) is 0.465. The molecule has 5 rings (SSSR count). The summed E-state index contributed by atoms with van der Waals surface area (Å²) in [5.41, 5.74) is 3.54. The Kier molecular flexibility index (Phi) is 4.52. The van der Waals surface area contributed by atoms with Crippen LogP contribution in [0.25, 0.3) is 10.8 Å². The van der Waals surface area contributed by atoms with Gasteiger partial charge in [0.25, 0.3) is 5.91 Å². The number of anilines is 1. The third-order valence-corrected chi connectivity index (χ3v) is 5.42. The highest BCUT2D eigenvalue weighted by Crippen LogP contribution is 2.31. The largest absolute Gasteiger partial charge is 0.454 e. The van der Waals surface area contributed by atoms with E-state index in [1.807, 2.05) is 72.8 Å². The zero-order chi connectivity index (χ0) is 20.5. The third kappa shape index (κ3) is 3.44. The van der Waals surface area contributed by atoms with E-state index in [1.54, 1.807) is 18.2 Å². The number of fused-ring (bicyclic) bond motifs is 2. The fraction of sp³-hybridized carbons (Fsp3) is 0.0769. The molecule has 0 bridgehead atoms. The second-order valence-electron chi connectivity index (χ2n) is 7.40. The molecular formula is C26H19NO3. The maximum Gasteiger partial charge on any atom is 0.339 e. The topological polar surface area (TPSA) is 55.4 Å². The predicted molar refractivity (Wildman–Crippen MR) is 117 cm³/mol. The molecule has 4 aromatic rings. The van der Waals surface area contributed by atoms with Crippen LogP contribution in [0.15, 0.2) is 91.0 Å². The average Bonchev–Trinajstić information content (AvgIpc) is 2.79. The Bertz CT molecular complexity index is 1260. The first kappa shape index (κ1) is 18.1. The SMILES string of the molecule is O=C(Nc1ccc2ccccc2c1)c1ccc2c(c1)C[C@@H](c1ccccc1)OC2=O. The van der Waals surface area contributed by atoms with Crippen LogP contribution in [0.5, 0.6) is 0 Å². The molecule has 1 aliphatic rings. The van der Waals surface area contributed by atoms with Crippen molar-refractivity contribution in [1.82, 2.24) is 0 Å². The molecule has 1 heterocycles. The standard InChI is InChI=1S/C26H19NO3/c28-25(27-22-12-10-17-6-4-5-9-19(17)15-22)20-11-13-23-21(14-20)16-24(30-26(23)29)18-7-2-1-3-8-18/h1-15,24H,16H2,(H,27,28)/t24-/m0/s1. The van der Waals surface area contributed by atoms with E-state index in [4.69, 9.17) is 4.74 Å². The van der Waals surface area contributed by atoms with Crippen molar-refractivity contribution >= 4 is 28.3 Å². The zero-order valence-corrected chi connectivity index (χ0v) is 16.2. The first-order valence-corrected chi connectivity index (χ1v) is 9.86. The molecule has 0 unspecified atom stereocenters. The van der Waals surface area contributed by atoms with Gasteiger partial charge in [0, 0.05) is 17.7 Å². The van der Waals surface area contributed by atoms with E-state index in [-0.39, 0.29) is 18.0 Å². The van der Waals surface area contributed by atoms with E-state index in [0.29, 0.717) is 17.5 Å². The summed E-state index contributed by atoms with van der Waals surface area (Å²) in [5.74, 6) is -0.560. The van der Waals surface area contributed by atoms with Crippen molar-refractivity contribution in [3.8, 4) is 0 Å². The number of rotatable bonds is 3. The van der Waals surface area contributed by atoms with Gasteiger partial charge in [0.05, 0.1) is 5.56 Å². The highest BCUT2D eigenvalue weighted by atomic mass is 16.5. The lowest BCUT2D eigenvalue weighted by molar-refractivity contribution is 0.0252. The fourth-order valence-corrected chi connectivity index (χ4v) is 3.86. The van der Waals surface area contributed by atoms with Crippen molar-refractivity contribution in [3.63, 3.8) is 0 Å². The maximum absolute atomic E-state index is 12.8. The number of hydrogen-bond acceptors (Lipinski definition) is 3. The van der Waals surface area contributed by atoms with E-state index in [0.717, 1.165) is 27.6 Å². The van der Waals surface area contributed by atoms with Gasteiger partial charge < -0.3 is 10.1 Å². The number of amides is 1. The number of ether oxygens (including phenoxy) is 1. The number of benzene rings is 4. The number of carbonyl (C=O) groups excluding carboxylic acids is 2. The Balaban J connectivity index is 1.40. The summed E-state index contributed by atoms with van der Waals surface area (Å²) in [6, 6.07) is 28.6. The molecule has 0 saturated carbocycles. The lowest BCUT2D eigenvalue weighted by Crippen LogP contribution is -2.23. The van der Waals surface area contributed by atoms with Crippen LogP contribution in [0.2, 0.25) is 0 Å². The lowest BCUT2D eigenvalue weighted by atomic mass is 9.93. The molecule has 30 heavy (non-hydrogen) atoms. The van der Waals surface area contributed by atoms with Gasteiger partial charge in [-0.25, -0.2) is 4.79 Å². The van der Waals surface area contributed by atoms with Crippen molar-refractivity contribution in [2.45, 2.75) is 12.5 Å². The van der Waals surface area contributed by atoms with Crippen LogP contribution in [-0.4, -0.2) is 11.9 Å². The van der Waals surface area contributed by atoms with Gasteiger partial charge in [-0.1, -0.05) is 60.7 Å². The van der Waals surface area contributed by atoms with Gasteiger partial charge in [0.2, 0.25) is 0 Å². The Labute approximate surface area is 174 Å². The van der Waals surface area contributed by atoms with Crippen molar-refractivity contribution in [2.24, 2.45) is 0 Å². The average molecular weight is 393 g/mol. The van der Waals surface area contributed by atoms with Gasteiger partial charge >= 0.3 is 5.97 Å². The predicted octanol–water partition coefficient (Wildman–Crippen LogP) is 5.55. The first-order chi connectivity index (χ1) is 14.7. The summed E-state index contributed by atoms with van der Waals surface area (Å²) < 4.78 is 5.60. The van der Waals surface area contributed by atoms with Crippen LogP contribution in [0.4, 0.5) is 5.69 Å². The number of carbonyl (C=O) groups is 2. The van der Waals surface area contributed by atoms with Gasteiger partial charge in [0.15, 0.2) is 0 Å². The summed E-state index contributed by atoms with van der Waals surface area (Å²) in [6.45, 7) is 0. The maximum atomic E-state index is 12.8. The number of cyclic esters (lactones) is 1. The molecule has 0 radical (unpaired) electrons. The molecule has 0 spiro atoms. The molecule has 1 aliphatic heterocycles. The Morgan fingerprint density at radius 1 is 0.833 bits per heavy atom. The molecule has 4 heteroatoms. The van der Waals surface area contributed by atoms with Gasteiger partial charge in [-0.2, -0.15) is 0 Å². The Morgan fingerprint density at radius 2 is 1.60 bits per heavy atom. The van der Waals surface area contributed by atoms with Gasteiger partial charge in [-0.15, -0.1) is 0 Å². The van der Waals surface area contributed by atoms with Crippen LogP contribution >= 0.6 is 0 Å². The Morgan fingerprint density at radius 3 is 2.43 bits per heavy atom. The van der Waals surface area contributed by atoms with Crippen molar-refractivity contribution < 1.29 is 14.3 Å². The van der Waals surface area contributed by atoms with Crippen LogP contribution in [0, 0.1) is 0 Å². The first-order valence-electron chi connectivity index (χ1n) is 9.86. The molecule has 1 N–H and O–H groups in total. The molecule has 1 atom stereocenters. The monoisotopic (exact) mass is 393 g/mol. The number of esters is 1. The van der Waals surface area contributed by atoms with Crippen LogP contribution < -0.4 is 5.32 Å². The third-order valence-electron chi connectivity index (χ3n) is 5.42. The van der Waals surface area contributed by atoms with Crippen molar-refractivity contribution in [2.75, 3.05) is 5.32 Å². The van der Waals surface area contributed by atoms with Crippen molar-refractivity contribution in [3.05, 3.63) is 113 Å². The smallest absolute Gasteiger partial charge is 0.339 e.